The van der Waals surface area contributed by atoms with Crippen molar-refractivity contribution in [1.29, 1.82) is 0 Å². The zero-order valence-corrected chi connectivity index (χ0v) is 10.5. The Morgan fingerprint density at radius 1 is 1.16 bits per heavy atom. The summed E-state index contributed by atoms with van der Waals surface area (Å²) in [5, 5.41) is 0. The normalized spacial score (nSPS) is 18.5. The second-order valence-corrected chi connectivity index (χ2v) is 4.35. The lowest BCUT2D eigenvalue weighted by Crippen LogP contribution is -2.42. The molecular weight excluding hydrogens is 246 g/mol. The van der Waals surface area contributed by atoms with Crippen molar-refractivity contribution in [1.82, 2.24) is 4.90 Å². The molecule has 0 aromatic heterocycles. The molecule has 6 heteroatoms. The van der Waals surface area contributed by atoms with Crippen molar-refractivity contribution in [2.75, 3.05) is 25.1 Å². The van der Waals surface area contributed by atoms with E-state index in [-0.39, 0.29) is 12.3 Å². The molecule has 0 radical (unpaired) electrons. The van der Waals surface area contributed by atoms with E-state index in [1.54, 1.807) is 12.0 Å². The lowest BCUT2D eigenvalue weighted by Gasteiger charge is -2.25. The van der Waals surface area contributed by atoms with Crippen LogP contribution in [0, 0.1) is 0 Å². The van der Waals surface area contributed by atoms with Crippen LogP contribution < -0.4 is 9.64 Å². The molecule has 1 saturated heterocycles. The Bertz CT molecular complexity index is 582. The van der Waals surface area contributed by atoms with Crippen molar-refractivity contribution in [3.05, 3.63) is 24.3 Å². The van der Waals surface area contributed by atoms with Gasteiger partial charge in [0, 0.05) is 13.1 Å². The van der Waals surface area contributed by atoms with Crippen LogP contribution >= 0.6 is 0 Å². The van der Waals surface area contributed by atoms with E-state index >= 15 is 0 Å². The maximum atomic E-state index is 11.8. The number of benzene rings is 1. The van der Waals surface area contributed by atoms with E-state index in [0.717, 1.165) is 5.69 Å². The van der Waals surface area contributed by atoms with Crippen LogP contribution in [0.5, 0.6) is 5.75 Å². The smallest absolute Gasteiger partial charge is 0.258 e. The molecule has 0 aliphatic carbocycles. The first-order valence-corrected chi connectivity index (χ1v) is 6.03. The molecule has 1 aromatic rings. The van der Waals surface area contributed by atoms with E-state index in [2.05, 4.69) is 4.99 Å². The second kappa shape index (κ2) is 4.38. The number of methoxy groups -OCH3 is 1. The number of para-hydroxylation sites is 2. The number of fused-ring (bicyclic) bond motifs is 1. The van der Waals surface area contributed by atoms with Crippen molar-refractivity contribution in [3.8, 4) is 5.75 Å². The van der Waals surface area contributed by atoms with Gasteiger partial charge in [0.1, 0.15) is 12.2 Å². The van der Waals surface area contributed by atoms with Crippen LogP contribution in [0.25, 0.3) is 0 Å². The van der Waals surface area contributed by atoms with Gasteiger partial charge in [-0.05, 0) is 12.1 Å². The summed E-state index contributed by atoms with van der Waals surface area (Å²) in [5.74, 6) is 0.522. The van der Waals surface area contributed by atoms with Gasteiger partial charge in [0.05, 0.1) is 12.8 Å². The zero-order chi connectivity index (χ0) is 13.4. The molecule has 0 atom stereocenters. The number of anilines is 1. The third kappa shape index (κ3) is 1.85. The van der Waals surface area contributed by atoms with Gasteiger partial charge >= 0.3 is 0 Å². The standard InChI is InChI=1S/C13H13N3O3/c1-19-10-5-3-2-4-9(10)15-6-7-16-12(18)8-11(17)14-13(15)16/h2-5H,6-8H2,1H3. The van der Waals surface area contributed by atoms with E-state index in [0.29, 0.717) is 24.8 Å². The number of carbonyl (C=O) groups excluding carboxylic acids is 2. The summed E-state index contributed by atoms with van der Waals surface area (Å²) < 4.78 is 5.31. The van der Waals surface area contributed by atoms with Crippen LogP contribution in [-0.4, -0.2) is 42.9 Å². The first-order valence-electron chi connectivity index (χ1n) is 6.03. The molecule has 2 amide bonds. The Hall–Kier alpha value is -2.37. The molecule has 2 aliphatic heterocycles. The Balaban J connectivity index is 2.03. The maximum Gasteiger partial charge on any atom is 0.258 e. The average molecular weight is 259 g/mol. The Labute approximate surface area is 110 Å². The number of guanidine groups is 1. The van der Waals surface area contributed by atoms with Crippen LogP contribution in [0.3, 0.4) is 0 Å². The first-order chi connectivity index (χ1) is 9.20. The summed E-state index contributed by atoms with van der Waals surface area (Å²) in [6.07, 6.45) is -0.136. The molecule has 1 aromatic carbocycles. The molecule has 6 nitrogen and oxygen atoms in total. The molecular formula is C13H13N3O3. The highest BCUT2D eigenvalue weighted by atomic mass is 16.5. The number of hydrogen-bond acceptors (Lipinski definition) is 4. The van der Waals surface area contributed by atoms with Crippen LogP contribution in [0.1, 0.15) is 6.42 Å². The average Bonchev–Trinajstić information content (AvgIpc) is 2.82. The number of carbonyl (C=O) groups is 2. The van der Waals surface area contributed by atoms with Crippen molar-refractivity contribution in [2.45, 2.75) is 6.42 Å². The molecule has 0 bridgehead atoms. The Morgan fingerprint density at radius 3 is 2.68 bits per heavy atom. The molecule has 1 fully saturated rings. The van der Waals surface area contributed by atoms with E-state index < -0.39 is 5.91 Å². The zero-order valence-electron chi connectivity index (χ0n) is 10.5. The predicted octanol–water partition coefficient (Wildman–Crippen LogP) is 0.630. The second-order valence-electron chi connectivity index (χ2n) is 4.35. The van der Waals surface area contributed by atoms with Gasteiger partial charge in [-0.15, -0.1) is 0 Å². The number of amides is 2. The third-order valence-electron chi connectivity index (χ3n) is 3.23. The summed E-state index contributed by atoms with van der Waals surface area (Å²) in [4.78, 5) is 30.6. The van der Waals surface area contributed by atoms with Crippen molar-refractivity contribution in [2.24, 2.45) is 4.99 Å². The van der Waals surface area contributed by atoms with Crippen LogP contribution in [0.4, 0.5) is 5.69 Å². The van der Waals surface area contributed by atoms with E-state index in [1.165, 1.54) is 0 Å². The van der Waals surface area contributed by atoms with Gasteiger partial charge < -0.3 is 9.64 Å². The summed E-state index contributed by atoms with van der Waals surface area (Å²) in [6, 6.07) is 7.47. The van der Waals surface area contributed by atoms with Crippen LogP contribution in [0.15, 0.2) is 29.3 Å². The fourth-order valence-electron chi connectivity index (χ4n) is 2.36. The molecule has 3 rings (SSSR count). The van der Waals surface area contributed by atoms with Crippen molar-refractivity contribution < 1.29 is 14.3 Å². The predicted molar refractivity (Wildman–Crippen MR) is 69.1 cm³/mol. The fourth-order valence-corrected chi connectivity index (χ4v) is 2.36. The molecule has 2 heterocycles. The largest absolute Gasteiger partial charge is 0.495 e. The topological polar surface area (TPSA) is 62.2 Å². The minimum absolute atomic E-state index is 0.136. The number of hydrogen-bond donors (Lipinski definition) is 0. The number of aliphatic imine (C=N–C) groups is 1. The summed E-state index contributed by atoms with van der Waals surface area (Å²) in [6.45, 7) is 1.15. The van der Waals surface area contributed by atoms with E-state index in [9.17, 15) is 9.59 Å². The third-order valence-corrected chi connectivity index (χ3v) is 3.23. The van der Waals surface area contributed by atoms with Crippen molar-refractivity contribution in [3.63, 3.8) is 0 Å². The summed E-state index contributed by atoms with van der Waals surface area (Å²) in [5.41, 5.74) is 0.814. The van der Waals surface area contributed by atoms with Crippen LogP contribution in [0.2, 0.25) is 0 Å². The van der Waals surface area contributed by atoms with Gasteiger partial charge in [0.25, 0.3) is 5.91 Å². The van der Waals surface area contributed by atoms with Crippen LogP contribution in [-0.2, 0) is 9.59 Å². The molecule has 0 saturated carbocycles. The summed E-state index contributed by atoms with van der Waals surface area (Å²) in [7, 11) is 1.59. The SMILES string of the molecule is COc1ccccc1N1CCN2C(=O)CC(=O)N=C21. The first kappa shape index (κ1) is 11.7. The highest BCUT2D eigenvalue weighted by molar-refractivity contribution is 6.19. The highest BCUT2D eigenvalue weighted by Crippen LogP contribution is 2.31. The maximum absolute atomic E-state index is 11.8. The Morgan fingerprint density at radius 2 is 1.89 bits per heavy atom. The minimum atomic E-state index is -0.391. The van der Waals surface area contributed by atoms with Gasteiger partial charge in [-0.25, -0.2) is 0 Å². The van der Waals surface area contributed by atoms with Gasteiger partial charge in [-0.1, -0.05) is 12.1 Å². The van der Waals surface area contributed by atoms with Crippen molar-refractivity contribution >= 4 is 23.5 Å². The molecule has 2 aliphatic rings. The molecule has 19 heavy (non-hydrogen) atoms. The highest BCUT2D eigenvalue weighted by Gasteiger charge is 2.37. The van der Waals surface area contributed by atoms with Gasteiger partial charge in [-0.2, -0.15) is 4.99 Å². The van der Waals surface area contributed by atoms with Gasteiger partial charge in [0.15, 0.2) is 0 Å². The number of nitrogens with zero attached hydrogens (tertiary/aromatic N) is 3. The minimum Gasteiger partial charge on any atom is -0.495 e. The number of rotatable bonds is 2. The quantitative estimate of drug-likeness (QED) is 0.731. The van der Waals surface area contributed by atoms with E-state index in [4.69, 9.17) is 4.74 Å². The van der Waals surface area contributed by atoms with Gasteiger partial charge in [-0.3, -0.25) is 14.5 Å². The summed E-state index contributed by atoms with van der Waals surface area (Å²) >= 11 is 0. The molecule has 0 N–H and O–H groups in total. The molecule has 0 spiro atoms. The van der Waals surface area contributed by atoms with E-state index in [1.807, 2.05) is 29.2 Å². The fraction of sp³-hybridized carbons (Fsp3) is 0.308. The van der Waals surface area contributed by atoms with Gasteiger partial charge in [0.2, 0.25) is 11.9 Å². The Kier molecular flexibility index (Phi) is 2.70. The lowest BCUT2D eigenvalue weighted by atomic mass is 10.2. The lowest BCUT2D eigenvalue weighted by molar-refractivity contribution is -0.132. The molecule has 98 valence electrons. The monoisotopic (exact) mass is 259 g/mol. The molecule has 0 unspecified atom stereocenters. The number of ether oxygens (including phenoxy) is 1.